The minimum atomic E-state index is -0.458. The van der Waals surface area contributed by atoms with E-state index < -0.39 is 11.8 Å². The number of fused-ring (bicyclic) bond motifs is 1. The summed E-state index contributed by atoms with van der Waals surface area (Å²) >= 11 is 0. The number of nitrogens with zero attached hydrogens (tertiary/aromatic N) is 1. The standard InChI is InChI=1S/C20H21N3O4.ClH/c1-3-27-15-7-5-14(6-8-15)23-19(25)16-9-4-13(10-17(16)20(23)26)18(24)22-12(2)11-21;/h4-10,12H,3,11,21H2,1-2H3,(H,22,24);1H/t12-;/m0./s1. The normalized spacial score (nSPS) is 13.6. The summed E-state index contributed by atoms with van der Waals surface area (Å²) in [6.07, 6.45) is 0. The van der Waals surface area contributed by atoms with Gasteiger partial charge in [0.1, 0.15) is 5.75 Å². The van der Waals surface area contributed by atoms with E-state index in [0.717, 1.165) is 4.90 Å². The highest BCUT2D eigenvalue weighted by Gasteiger charge is 2.37. The lowest BCUT2D eigenvalue weighted by molar-refractivity contribution is 0.0922. The number of hydrogen-bond acceptors (Lipinski definition) is 5. The maximum absolute atomic E-state index is 12.8. The second kappa shape index (κ2) is 8.86. The fourth-order valence-corrected chi connectivity index (χ4v) is 2.84. The van der Waals surface area contributed by atoms with E-state index in [2.05, 4.69) is 5.32 Å². The Labute approximate surface area is 169 Å². The maximum atomic E-state index is 12.8. The van der Waals surface area contributed by atoms with Gasteiger partial charge in [0.05, 0.1) is 23.4 Å². The molecule has 0 saturated heterocycles. The molecule has 8 heteroatoms. The van der Waals surface area contributed by atoms with Gasteiger partial charge in [-0.25, -0.2) is 4.90 Å². The molecule has 0 aliphatic carbocycles. The molecule has 3 N–H and O–H groups in total. The van der Waals surface area contributed by atoms with Crippen molar-refractivity contribution < 1.29 is 19.1 Å². The third-order valence-electron chi connectivity index (χ3n) is 4.29. The van der Waals surface area contributed by atoms with Crippen molar-refractivity contribution in [2.45, 2.75) is 19.9 Å². The lowest BCUT2D eigenvalue weighted by Crippen LogP contribution is -2.37. The number of amides is 3. The number of hydrogen-bond donors (Lipinski definition) is 2. The summed E-state index contributed by atoms with van der Waals surface area (Å²) in [5.74, 6) is -0.552. The highest BCUT2D eigenvalue weighted by molar-refractivity contribution is 6.34. The highest BCUT2D eigenvalue weighted by Crippen LogP contribution is 2.30. The number of benzene rings is 2. The monoisotopic (exact) mass is 403 g/mol. The van der Waals surface area contributed by atoms with Crippen LogP contribution in [0.3, 0.4) is 0 Å². The molecule has 148 valence electrons. The quantitative estimate of drug-likeness (QED) is 0.721. The molecule has 28 heavy (non-hydrogen) atoms. The summed E-state index contributed by atoms with van der Waals surface area (Å²) in [7, 11) is 0. The summed E-state index contributed by atoms with van der Waals surface area (Å²) in [5, 5.41) is 2.74. The molecule has 1 aliphatic rings. The van der Waals surface area contributed by atoms with Crippen molar-refractivity contribution in [2.75, 3.05) is 18.1 Å². The maximum Gasteiger partial charge on any atom is 0.266 e. The largest absolute Gasteiger partial charge is 0.494 e. The minimum absolute atomic E-state index is 0. The van der Waals surface area contributed by atoms with Crippen LogP contribution in [0.1, 0.15) is 44.9 Å². The molecular weight excluding hydrogens is 382 g/mol. The zero-order valence-electron chi connectivity index (χ0n) is 15.6. The van der Waals surface area contributed by atoms with Gasteiger partial charge < -0.3 is 15.8 Å². The average molecular weight is 404 g/mol. The van der Waals surface area contributed by atoms with E-state index in [1.165, 1.54) is 18.2 Å². The van der Waals surface area contributed by atoms with Crippen LogP contribution < -0.4 is 20.7 Å². The van der Waals surface area contributed by atoms with Crippen molar-refractivity contribution in [3.05, 3.63) is 59.2 Å². The van der Waals surface area contributed by atoms with Crippen LogP contribution >= 0.6 is 12.4 Å². The van der Waals surface area contributed by atoms with E-state index in [1.807, 2.05) is 6.92 Å². The molecule has 7 nitrogen and oxygen atoms in total. The smallest absolute Gasteiger partial charge is 0.266 e. The molecule has 1 aliphatic heterocycles. The summed E-state index contributed by atoms with van der Waals surface area (Å²) in [4.78, 5) is 38.8. The Morgan fingerprint density at radius 1 is 1.11 bits per heavy atom. The number of halogens is 1. The molecule has 1 atom stereocenters. The van der Waals surface area contributed by atoms with Crippen molar-refractivity contribution in [1.82, 2.24) is 5.32 Å². The summed E-state index contributed by atoms with van der Waals surface area (Å²) in [5.41, 5.74) is 6.76. The van der Waals surface area contributed by atoms with Crippen LogP contribution in [0.15, 0.2) is 42.5 Å². The molecule has 2 aromatic carbocycles. The summed E-state index contributed by atoms with van der Waals surface area (Å²) < 4.78 is 5.38. The first kappa shape index (κ1) is 21.4. The topological polar surface area (TPSA) is 102 Å². The molecular formula is C20H22ClN3O4. The molecule has 0 fully saturated rings. The van der Waals surface area contributed by atoms with Gasteiger partial charge in [-0.05, 0) is 56.3 Å². The molecule has 0 radical (unpaired) electrons. The molecule has 0 unspecified atom stereocenters. The van der Waals surface area contributed by atoms with Crippen LogP contribution in [-0.4, -0.2) is 36.9 Å². The van der Waals surface area contributed by atoms with Crippen LogP contribution in [0.4, 0.5) is 5.69 Å². The second-order valence-electron chi connectivity index (χ2n) is 6.24. The average Bonchev–Trinajstić information content (AvgIpc) is 2.93. The number of ether oxygens (including phenoxy) is 1. The van der Waals surface area contributed by atoms with Gasteiger partial charge in [0.25, 0.3) is 17.7 Å². The van der Waals surface area contributed by atoms with E-state index >= 15 is 0 Å². The van der Waals surface area contributed by atoms with Gasteiger partial charge in [0, 0.05) is 18.2 Å². The number of nitrogens with one attached hydrogen (secondary N) is 1. The highest BCUT2D eigenvalue weighted by atomic mass is 35.5. The molecule has 0 aromatic heterocycles. The summed E-state index contributed by atoms with van der Waals surface area (Å²) in [6.45, 7) is 4.49. The molecule has 0 spiro atoms. The van der Waals surface area contributed by atoms with Crippen molar-refractivity contribution in [3.63, 3.8) is 0 Å². The predicted octanol–water partition coefficient (Wildman–Crippen LogP) is 2.38. The van der Waals surface area contributed by atoms with Gasteiger partial charge in [-0.1, -0.05) is 0 Å². The minimum Gasteiger partial charge on any atom is -0.494 e. The number of carbonyl (C=O) groups excluding carboxylic acids is 3. The van der Waals surface area contributed by atoms with Crippen LogP contribution in [0.25, 0.3) is 0 Å². The first-order valence-electron chi connectivity index (χ1n) is 8.73. The fraction of sp³-hybridized carbons (Fsp3) is 0.250. The summed E-state index contributed by atoms with van der Waals surface area (Å²) in [6, 6.07) is 11.0. The van der Waals surface area contributed by atoms with Crippen molar-refractivity contribution in [2.24, 2.45) is 5.73 Å². The Morgan fingerprint density at radius 2 is 1.75 bits per heavy atom. The number of imide groups is 1. The van der Waals surface area contributed by atoms with E-state index in [1.54, 1.807) is 31.2 Å². The Kier molecular flexibility index (Phi) is 6.77. The molecule has 2 aromatic rings. The molecule has 0 saturated carbocycles. The van der Waals surface area contributed by atoms with Gasteiger partial charge in [-0.15, -0.1) is 12.4 Å². The first-order valence-corrected chi connectivity index (χ1v) is 8.73. The van der Waals surface area contributed by atoms with Crippen LogP contribution in [-0.2, 0) is 0 Å². The predicted molar refractivity (Wildman–Crippen MR) is 108 cm³/mol. The van der Waals surface area contributed by atoms with Gasteiger partial charge in [0.2, 0.25) is 0 Å². The van der Waals surface area contributed by atoms with Gasteiger partial charge in [-0.3, -0.25) is 14.4 Å². The van der Waals surface area contributed by atoms with Crippen LogP contribution in [0.5, 0.6) is 5.75 Å². The lowest BCUT2D eigenvalue weighted by Gasteiger charge is -2.14. The molecule has 3 rings (SSSR count). The van der Waals surface area contributed by atoms with E-state index in [-0.39, 0.29) is 35.5 Å². The number of rotatable bonds is 6. The third kappa shape index (κ3) is 4.00. The van der Waals surface area contributed by atoms with E-state index in [4.69, 9.17) is 10.5 Å². The molecule has 0 bridgehead atoms. The second-order valence-corrected chi connectivity index (χ2v) is 6.24. The number of carbonyl (C=O) groups is 3. The zero-order chi connectivity index (χ0) is 19.6. The first-order chi connectivity index (χ1) is 13.0. The molecule has 1 heterocycles. The van der Waals surface area contributed by atoms with Crippen molar-refractivity contribution in [1.29, 1.82) is 0 Å². The molecule has 3 amide bonds. The lowest BCUT2D eigenvalue weighted by atomic mass is 10.1. The van der Waals surface area contributed by atoms with Crippen molar-refractivity contribution in [3.8, 4) is 5.75 Å². The van der Waals surface area contributed by atoms with Gasteiger partial charge >= 0.3 is 0 Å². The fourth-order valence-electron chi connectivity index (χ4n) is 2.84. The van der Waals surface area contributed by atoms with E-state index in [9.17, 15) is 14.4 Å². The van der Waals surface area contributed by atoms with Crippen molar-refractivity contribution >= 4 is 35.8 Å². The van der Waals surface area contributed by atoms with Crippen LogP contribution in [0, 0.1) is 0 Å². The van der Waals surface area contributed by atoms with Gasteiger partial charge in [0.15, 0.2) is 0 Å². The zero-order valence-corrected chi connectivity index (χ0v) is 16.4. The van der Waals surface area contributed by atoms with Crippen LogP contribution in [0.2, 0.25) is 0 Å². The number of anilines is 1. The Bertz CT molecular complexity index is 899. The van der Waals surface area contributed by atoms with E-state index in [0.29, 0.717) is 30.2 Å². The number of nitrogens with two attached hydrogens (primary N) is 1. The third-order valence-corrected chi connectivity index (χ3v) is 4.29. The Hall–Kier alpha value is -2.90. The Balaban J connectivity index is 0.00000280. The SMILES string of the molecule is CCOc1ccc(N2C(=O)c3ccc(C(=O)N[C@@H](C)CN)cc3C2=O)cc1.Cl. The Morgan fingerprint density at radius 3 is 2.36 bits per heavy atom. The van der Waals surface area contributed by atoms with Gasteiger partial charge in [-0.2, -0.15) is 0 Å².